The first-order valence-electron chi connectivity index (χ1n) is 11.8. The molecule has 0 radical (unpaired) electrons. The second-order valence-corrected chi connectivity index (χ2v) is 9.33. The Balaban J connectivity index is 0.00000108. The minimum atomic E-state index is -4.45. The first-order chi connectivity index (χ1) is 16.6. The van der Waals surface area contributed by atoms with Crippen LogP contribution in [0.5, 0.6) is 0 Å². The molecule has 35 heavy (non-hydrogen) atoms. The molecule has 1 unspecified atom stereocenters. The molecule has 192 valence electrons. The van der Waals surface area contributed by atoms with Crippen LogP contribution in [0.1, 0.15) is 51.5 Å². The van der Waals surface area contributed by atoms with E-state index in [1.54, 1.807) is 0 Å². The van der Waals surface area contributed by atoms with Gasteiger partial charge in [0.05, 0.1) is 11.1 Å². The van der Waals surface area contributed by atoms with Crippen LogP contribution < -0.4 is 11.1 Å². The molecule has 4 rings (SSSR count). The van der Waals surface area contributed by atoms with Gasteiger partial charge in [0.1, 0.15) is 18.2 Å². The number of hydrogen-bond donors (Lipinski definition) is 2. The lowest BCUT2D eigenvalue weighted by Gasteiger charge is -2.39. The molecule has 2 amide bonds. The van der Waals surface area contributed by atoms with Crippen molar-refractivity contribution in [3.05, 3.63) is 30.1 Å². The van der Waals surface area contributed by atoms with Crippen molar-refractivity contribution in [2.45, 2.75) is 76.3 Å². The van der Waals surface area contributed by atoms with Crippen molar-refractivity contribution >= 4 is 29.0 Å². The summed E-state index contributed by atoms with van der Waals surface area (Å²) < 4.78 is 39.5. The van der Waals surface area contributed by atoms with Crippen molar-refractivity contribution in [3.8, 4) is 0 Å². The summed E-state index contributed by atoms with van der Waals surface area (Å²) in [6.45, 7) is 5.05. The number of hydrogen-bond acceptors (Lipinski definition) is 6. The SMILES string of the molecule is CC(C)N(C)C1CCC(N2CCC(Nc3ncnc4ccc(C(F)(F)F)cc34)C2=O)CC1.NC=O. The number of rotatable bonds is 5. The summed E-state index contributed by atoms with van der Waals surface area (Å²) in [5, 5.41) is 3.37. The van der Waals surface area contributed by atoms with Gasteiger partial charge >= 0.3 is 6.18 Å². The average molecular weight is 495 g/mol. The highest BCUT2D eigenvalue weighted by Gasteiger charge is 2.38. The van der Waals surface area contributed by atoms with E-state index in [1.165, 1.54) is 12.4 Å². The van der Waals surface area contributed by atoms with Gasteiger partial charge in [-0.25, -0.2) is 9.97 Å². The molecule has 2 aromatic rings. The van der Waals surface area contributed by atoms with E-state index >= 15 is 0 Å². The Morgan fingerprint density at radius 3 is 2.43 bits per heavy atom. The monoisotopic (exact) mass is 494 g/mol. The van der Waals surface area contributed by atoms with E-state index in [2.05, 4.69) is 46.8 Å². The average Bonchev–Trinajstić information content (AvgIpc) is 3.18. The number of likely N-dealkylation sites (tertiary alicyclic amines) is 1. The van der Waals surface area contributed by atoms with E-state index < -0.39 is 17.8 Å². The van der Waals surface area contributed by atoms with Crippen LogP contribution in [0.4, 0.5) is 19.0 Å². The molecule has 1 aromatic heterocycles. The minimum absolute atomic E-state index is 0.00408. The third kappa shape index (κ3) is 6.19. The number of carbonyl (C=O) groups is 2. The maximum atomic E-state index is 13.2. The van der Waals surface area contributed by atoms with Crippen molar-refractivity contribution in [2.75, 3.05) is 18.9 Å². The predicted octanol–water partition coefficient (Wildman–Crippen LogP) is 3.41. The molecule has 0 spiro atoms. The number of fused-ring (bicyclic) bond motifs is 1. The summed E-state index contributed by atoms with van der Waals surface area (Å²) in [5.41, 5.74) is 3.82. The molecule has 2 fully saturated rings. The molecular weight excluding hydrogens is 461 g/mol. The van der Waals surface area contributed by atoms with E-state index in [-0.39, 0.29) is 29.6 Å². The number of nitrogens with two attached hydrogens (primary N) is 1. The number of amides is 2. The van der Waals surface area contributed by atoms with Gasteiger partial charge in [-0.1, -0.05) is 0 Å². The number of anilines is 1. The molecule has 2 heterocycles. The fourth-order valence-electron chi connectivity index (χ4n) is 4.91. The molecule has 0 bridgehead atoms. The first kappa shape index (κ1) is 26.7. The van der Waals surface area contributed by atoms with Crippen LogP contribution in [0.2, 0.25) is 0 Å². The fourth-order valence-corrected chi connectivity index (χ4v) is 4.91. The Morgan fingerprint density at radius 1 is 1.17 bits per heavy atom. The quantitative estimate of drug-likeness (QED) is 0.618. The molecule has 1 atom stereocenters. The van der Waals surface area contributed by atoms with Gasteiger partial charge in [0.25, 0.3) is 0 Å². The number of nitrogens with one attached hydrogen (secondary N) is 1. The third-order valence-corrected chi connectivity index (χ3v) is 7.01. The number of alkyl halides is 3. The standard InChI is InChI=1S/C23H30F3N5O.CH3NO/c1-14(2)30(3)16-5-7-17(8-6-16)31-11-10-20(22(31)32)29-21-18-12-15(23(24,25)26)4-9-19(18)27-13-28-21;2-1-3/h4,9,12-14,16-17,20H,5-8,10-11H2,1-3H3,(H,27,28,29);1H,(H2,2,3). The van der Waals surface area contributed by atoms with Crippen LogP contribution in [-0.4, -0.2) is 69.8 Å². The van der Waals surface area contributed by atoms with Crippen LogP contribution in [0.15, 0.2) is 24.5 Å². The van der Waals surface area contributed by atoms with Crippen molar-refractivity contribution in [3.63, 3.8) is 0 Å². The second-order valence-electron chi connectivity index (χ2n) is 9.33. The minimum Gasteiger partial charge on any atom is -0.372 e. The molecule has 1 aliphatic carbocycles. The molecule has 2 aliphatic rings. The summed E-state index contributed by atoms with van der Waals surface area (Å²) in [6.07, 6.45) is 1.80. The number of primary amides is 1. The summed E-state index contributed by atoms with van der Waals surface area (Å²) in [4.78, 5) is 34.3. The lowest BCUT2D eigenvalue weighted by atomic mass is 9.89. The van der Waals surface area contributed by atoms with E-state index in [0.29, 0.717) is 30.6 Å². The van der Waals surface area contributed by atoms with E-state index in [0.717, 1.165) is 37.8 Å². The highest BCUT2D eigenvalue weighted by Crippen LogP contribution is 2.34. The van der Waals surface area contributed by atoms with E-state index in [4.69, 9.17) is 4.79 Å². The Morgan fingerprint density at radius 2 is 1.83 bits per heavy atom. The summed E-state index contributed by atoms with van der Waals surface area (Å²) >= 11 is 0. The summed E-state index contributed by atoms with van der Waals surface area (Å²) in [6, 6.07) is 4.17. The highest BCUT2D eigenvalue weighted by molar-refractivity contribution is 5.93. The normalized spacial score (nSPS) is 22.9. The maximum absolute atomic E-state index is 13.2. The van der Waals surface area contributed by atoms with E-state index in [1.807, 2.05) is 4.90 Å². The van der Waals surface area contributed by atoms with Gasteiger partial charge in [-0.05, 0) is 71.2 Å². The predicted molar refractivity (Wildman–Crippen MR) is 127 cm³/mol. The molecule has 8 nitrogen and oxygen atoms in total. The zero-order valence-corrected chi connectivity index (χ0v) is 20.3. The van der Waals surface area contributed by atoms with Crippen LogP contribution in [0.25, 0.3) is 10.9 Å². The first-order valence-corrected chi connectivity index (χ1v) is 11.8. The number of halogens is 3. The van der Waals surface area contributed by atoms with Gasteiger partial charge < -0.3 is 20.9 Å². The maximum Gasteiger partial charge on any atom is 0.416 e. The largest absolute Gasteiger partial charge is 0.416 e. The third-order valence-electron chi connectivity index (χ3n) is 7.01. The Kier molecular flexibility index (Phi) is 8.52. The summed E-state index contributed by atoms with van der Waals surface area (Å²) in [7, 11) is 2.16. The molecule has 1 saturated heterocycles. The summed E-state index contributed by atoms with van der Waals surface area (Å²) in [5.74, 6) is 0.271. The second kappa shape index (κ2) is 11.2. The number of benzene rings is 1. The smallest absolute Gasteiger partial charge is 0.372 e. The number of nitrogens with zero attached hydrogens (tertiary/aromatic N) is 4. The number of aromatic nitrogens is 2. The van der Waals surface area contributed by atoms with Crippen LogP contribution >= 0.6 is 0 Å². The van der Waals surface area contributed by atoms with Crippen molar-refractivity contribution < 1.29 is 22.8 Å². The molecule has 1 saturated carbocycles. The van der Waals surface area contributed by atoms with Gasteiger partial charge in [-0.15, -0.1) is 0 Å². The van der Waals surface area contributed by atoms with Crippen molar-refractivity contribution in [1.82, 2.24) is 19.8 Å². The molecule has 3 N–H and O–H groups in total. The van der Waals surface area contributed by atoms with Crippen molar-refractivity contribution in [2.24, 2.45) is 5.73 Å². The van der Waals surface area contributed by atoms with Gasteiger partial charge in [0, 0.05) is 30.1 Å². The van der Waals surface area contributed by atoms with E-state index in [9.17, 15) is 18.0 Å². The molecule has 1 aliphatic heterocycles. The van der Waals surface area contributed by atoms with Gasteiger partial charge in [-0.3, -0.25) is 9.59 Å². The lowest BCUT2D eigenvalue weighted by Crippen LogP contribution is -2.46. The molecule has 11 heteroatoms. The lowest BCUT2D eigenvalue weighted by molar-refractivity contribution is -0.137. The fraction of sp³-hybridized carbons (Fsp3) is 0.583. The highest BCUT2D eigenvalue weighted by atomic mass is 19.4. The molecule has 1 aromatic carbocycles. The zero-order chi connectivity index (χ0) is 25.8. The van der Waals surface area contributed by atoms with Crippen LogP contribution in [0.3, 0.4) is 0 Å². The van der Waals surface area contributed by atoms with Gasteiger partial charge in [-0.2, -0.15) is 13.2 Å². The van der Waals surface area contributed by atoms with Crippen LogP contribution in [0, 0.1) is 0 Å². The van der Waals surface area contributed by atoms with Gasteiger partial charge in [0.15, 0.2) is 0 Å². The van der Waals surface area contributed by atoms with Crippen molar-refractivity contribution in [1.29, 1.82) is 0 Å². The Bertz CT molecular complexity index is 1020. The molecular formula is C24H33F3N6O2. The van der Waals surface area contributed by atoms with Crippen LogP contribution in [-0.2, 0) is 15.8 Å². The number of carbonyl (C=O) groups excluding carboxylic acids is 2. The Hall–Kier alpha value is -2.95. The Labute approximate surface area is 203 Å². The van der Waals surface area contributed by atoms with Gasteiger partial charge in [0.2, 0.25) is 12.3 Å². The topological polar surface area (TPSA) is 104 Å². The zero-order valence-electron chi connectivity index (χ0n) is 20.3.